The van der Waals surface area contributed by atoms with Gasteiger partial charge in [0.05, 0.1) is 16.5 Å². The summed E-state index contributed by atoms with van der Waals surface area (Å²) in [4.78, 5) is 46.2. The smallest absolute Gasteiger partial charge is 0.407 e. The molecule has 156 valence electrons. The van der Waals surface area contributed by atoms with Crippen molar-refractivity contribution < 1.29 is 18.9 Å². The third-order valence-electron chi connectivity index (χ3n) is 4.42. The van der Waals surface area contributed by atoms with Crippen LogP contribution >= 0.6 is 0 Å². The number of rotatable bonds is 8. The van der Waals surface area contributed by atoms with Crippen LogP contribution in [0.5, 0.6) is 0 Å². The van der Waals surface area contributed by atoms with Crippen molar-refractivity contribution in [1.29, 1.82) is 0 Å². The molecule has 3 aromatic rings. The lowest BCUT2D eigenvalue weighted by atomic mass is 10.2. The molecule has 2 aromatic carbocycles. The lowest BCUT2D eigenvalue weighted by molar-refractivity contribution is -0.384. The Balaban J connectivity index is 1.57. The van der Waals surface area contributed by atoms with E-state index in [4.69, 9.17) is 4.42 Å². The van der Waals surface area contributed by atoms with Gasteiger partial charge < -0.3 is 15.1 Å². The number of aryl methyl sites for hydroxylation is 1. The van der Waals surface area contributed by atoms with Crippen molar-refractivity contribution in [2.45, 2.75) is 26.3 Å². The highest BCUT2D eigenvalue weighted by Gasteiger charge is 2.14. The first-order valence-electron chi connectivity index (χ1n) is 9.35. The Labute approximate surface area is 170 Å². The summed E-state index contributed by atoms with van der Waals surface area (Å²) in [5.74, 6) is -1.05. The van der Waals surface area contributed by atoms with Crippen LogP contribution in [-0.4, -0.2) is 27.8 Å². The molecule has 1 heterocycles. The summed E-state index contributed by atoms with van der Waals surface area (Å²) in [5.41, 5.74) is 1.46. The molecule has 2 amide bonds. The Morgan fingerprint density at radius 1 is 1.17 bits per heavy atom. The molecule has 0 radical (unpaired) electrons. The normalized spacial score (nSPS) is 10.7. The molecule has 3 rings (SSSR count). The average Bonchev–Trinajstić information content (AvgIpc) is 3.03. The fraction of sp³-hybridized carbons (Fsp3) is 0.250. The fourth-order valence-corrected chi connectivity index (χ4v) is 2.97. The number of fused-ring (bicyclic) bond motifs is 1. The molecule has 0 fully saturated rings. The first-order chi connectivity index (χ1) is 14.4. The molecule has 0 aliphatic carbocycles. The van der Waals surface area contributed by atoms with Gasteiger partial charge in [0, 0.05) is 36.8 Å². The molecule has 0 bridgehead atoms. The minimum atomic E-state index is -0.633. The highest BCUT2D eigenvalue weighted by Crippen LogP contribution is 2.20. The molecule has 2 N–H and O–H groups in total. The van der Waals surface area contributed by atoms with Crippen LogP contribution in [0.15, 0.2) is 51.7 Å². The lowest BCUT2D eigenvalue weighted by Crippen LogP contribution is -2.22. The van der Waals surface area contributed by atoms with Gasteiger partial charge in [0.15, 0.2) is 5.58 Å². The number of oxazole rings is 1. The van der Waals surface area contributed by atoms with Crippen LogP contribution in [0.2, 0.25) is 0 Å². The van der Waals surface area contributed by atoms with Crippen molar-refractivity contribution in [1.82, 2.24) is 9.88 Å². The van der Waals surface area contributed by atoms with Gasteiger partial charge in [-0.25, -0.2) is 4.79 Å². The largest absolute Gasteiger partial charge is 0.419 e. The van der Waals surface area contributed by atoms with Crippen molar-refractivity contribution in [3.05, 3.63) is 68.7 Å². The number of anilines is 1. The zero-order valence-corrected chi connectivity index (χ0v) is 16.2. The highest BCUT2D eigenvalue weighted by atomic mass is 16.6. The van der Waals surface area contributed by atoms with Crippen LogP contribution in [-0.2, 0) is 11.3 Å². The number of amides is 2. The van der Waals surface area contributed by atoms with E-state index in [-0.39, 0.29) is 36.1 Å². The van der Waals surface area contributed by atoms with E-state index in [1.807, 2.05) is 6.92 Å². The minimum absolute atomic E-state index is 0.130. The molecular formula is C20H20N4O6. The maximum Gasteiger partial charge on any atom is 0.419 e. The summed E-state index contributed by atoms with van der Waals surface area (Å²) in [5, 5.41) is 16.3. The summed E-state index contributed by atoms with van der Waals surface area (Å²) >= 11 is 0. The van der Waals surface area contributed by atoms with E-state index in [0.29, 0.717) is 29.7 Å². The summed E-state index contributed by atoms with van der Waals surface area (Å²) in [6, 6.07) is 10.5. The van der Waals surface area contributed by atoms with E-state index in [0.717, 1.165) is 0 Å². The van der Waals surface area contributed by atoms with Gasteiger partial charge in [-0.3, -0.25) is 24.3 Å². The van der Waals surface area contributed by atoms with Crippen molar-refractivity contribution in [3.8, 4) is 0 Å². The Morgan fingerprint density at radius 3 is 2.57 bits per heavy atom. The van der Waals surface area contributed by atoms with E-state index < -0.39 is 10.7 Å². The Hall–Kier alpha value is -3.95. The van der Waals surface area contributed by atoms with Crippen LogP contribution in [0.25, 0.3) is 11.1 Å². The number of hydrogen-bond donors (Lipinski definition) is 2. The van der Waals surface area contributed by atoms with Crippen molar-refractivity contribution >= 4 is 34.3 Å². The van der Waals surface area contributed by atoms with Gasteiger partial charge in [0.25, 0.3) is 11.6 Å². The molecule has 0 saturated carbocycles. The highest BCUT2D eigenvalue weighted by molar-refractivity contribution is 5.95. The predicted molar refractivity (Wildman–Crippen MR) is 109 cm³/mol. The summed E-state index contributed by atoms with van der Waals surface area (Å²) < 4.78 is 6.40. The molecular weight excluding hydrogens is 392 g/mol. The number of nitrogens with one attached hydrogen (secondary N) is 2. The summed E-state index contributed by atoms with van der Waals surface area (Å²) in [6.45, 7) is 2.59. The zero-order chi connectivity index (χ0) is 21.7. The Bertz CT molecular complexity index is 1150. The topological polar surface area (TPSA) is 136 Å². The van der Waals surface area contributed by atoms with E-state index >= 15 is 0 Å². The van der Waals surface area contributed by atoms with Crippen LogP contribution in [0.3, 0.4) is 0 Å². The van der Waals surface area contributed by atoms with E-state index in [1.54, 1.807) is 24.3 Å². The molecule has 1 aromatic heterocycles. The molecule has 0 spiro atoms. The molecule has 0 aliphatic heterocycles. The van der Waals surface area contributed by atoms with E-state index in [2.05, 4.69) is 10.6 Å². The van der Waals surface area contributed by atoms with Gasteiger partial charge in [-0.05, 0) is 43.7 Å². The Morgan fingerprint density at radius 2 is 1.90 bits per heavy atom. The van der Waals surface area contributed by atoms with Gasteiger partial charge in [0.1, 0.15) is 0 Å². The maximum absolute atomic E-state index is 12.2. The second-order valence-corrected chi connectivity index (χ2v) is 6.52. The van der Waals surface area contributed by atoms with Gasteiger partial charge in [-0.15, -0.1) is 0 Å². The number of carbonyl (C=O) groups excluding carboxylic acids is 2. The zero-order valence-electron chi connectivity index (χ0n) is 16.2. The molecule has 30 heavy (non-hydrogen) atoms. The summed E-state index contributed by atoms with van der Waals surface area (Å²) in [7, 11) is 0. The number of nitrogens with zero attached hydrogens (tertiary/aromatic N) is 2. The predicted octanol–water partition coefficient (Wildman–Crippen LogP) is 2.67. The molecule has 0 saturated heterocycles. The number of hydrogen-bond acceptors (Lipinski definition) is 6. The van der Waals surface area contributed by atoms with Crippen LogP contribution < -0.4 is 16.4 Å². The number of carbonyl (C=O) groups is 2. The molecule has 10 nitrogen and oxygen atoms in total. The molecule has 10 heteroatoms. The van der Waals surface area contributed by atoms with Crippen LogP contribution in [0, 0.1) is 10.1 Å². The third kappa shape index (κ3) is 4.72. The number of benzene rings is 2. The van der Waals surface area contributed by atoms with Gasteiger partial charge in [0.2, 0.25) is 5.91 Å². The van der Waals surface area contributed by atoms with Crippen LogP contribution in [0.1, 0.15) is 30.1 Å². The van der Waals surface area contributed by atoms with Crippen molar-refractivity contribution in [3.63, 3.8) is 0 Å². The first-order valence-corrected chi connectivity index (χ1v) is 9.35. The van der Waals surface area contributed by atoms with Gasteiger partial charge in [-0.1, -0.05) is 0 Å². The first kappa shape index (κ1) is 20.8. The number of nitro benzene ring substituents is 1. The minimum Gasteiger partial charge on any atom is -0.407 e. The van der Waals surface area contributed by atoms with E-state index in [9.17, 15) is 24.5 Å². The van der Waals surface area contributed by atoms with Gasteiger partial charge >= 0.3 is 5.76 Å². The molecule has 0 unspecified atom stereocenters. The second-order valence-electron chi connectivity index (χ2n) is 6.52. The average molecular weight is 412 g/mol. The monoisotopic (exact) mass is 412 g/mol. The third-order valence-corrected chi connectivity index (χ3v) is 4.42. The second kappa shape index (κ2) is 9.03. The quantitative estimate of drug-likeness (QED) is 0.431. The van der Waals surface area contributed by atoms with E-state index in [1.165, 1.54) is 22.8 Å². The fourth-order valence-electron chi connectivity index (χ4n) is 2.97. The standard InChI is InChI=1S/C20H20N4O6/c1-2-21-19(26)13-5-7-14(8-6-13)22-18(25)4-3-11-23-16-10-9-15(24(28)29)12-17(16)30-20(23)27/h5-10,12H,2-4,11H2,1H3,(H,21,26)(H,22,25). The molecule has 0 atom stereocenters. The lowest BCUT2D eigenvalue weighted by Gasteiger charge is -2.07. The number of aromatic nitrogens is 1. The SMILES string of the molecule is CCNC(=O)c1ccc(NC(=O)CCCn2c(=O)oc3cc([N+](=O)[O-])ccc32)cc1. The van der Waals surface area contributed by atoms with Gasteiger partial charge in [-0.2, -0.15) is 0 Å². The Kier molecular flexibility index (Phi) is 6.26. The maximum atomic E-state index is 12.2. The molecule has 0 aliphatic rings. The van der Waals surface area contributed by atoms with Crippen molar-refractivity contribution in [2.75, 3.05) is 11.9 Å². The number of non-ortho nitro benzene ring substituents is 1. The summed E-state index contributed by atoms with van der Waals surface area (Å²) in [6.07, 6.45) is 0.526. The number of nitro groups is 1. The van der Waals surface area contributed by atoms with Crippen molar-refractivity contribution in [2.24, 2.45) is 0 Å². The van der Waals surface area contributed by atoms with Crippen LogP contribution in [0.4, 0.5) is 11.4 Å².